The van der Waals surface area contributed by atoms with E-state index < -0.39 is 4.92 Å². The number of nitrogens with zero attached hydrogens (tertiary/aromatic N) is 1. The van der Waals surface area contributed by atoms with Gasteiger partial charge in [-0.3, -0.25) is 10.1 Å². The lowest BCUT2D eigenvalue weighted by Crippen LogP contribution is -2.09. The molecule has 0 saturated carbocycles. The van der Waals surface area contributed by atoms with Gasteiger partial charge >= 0.3 is 5.69 Å². The van der Waals surface area contributed by atoms with Crippen molar-refractivity contribution < 1.29 is 14.4 Å². The monoisotopic (exact) mass is 226 g/mol. The summed E-state index contributed by atoms with van der Waals surface area (Å²) in [6.45, 7) is 0.985. The maximum absolute atomic E-state index is 10.9. The molecule has 0 aliphatic carbocycles. The van der Waals surface area contributed by atoms with Gasteiger partial charge in [0.05, 0.1) is 18.6 Å². The van der Waals surface area contributed by atoms with Crippen molar-refractivity contribution in [1.82, 2.24) is 0 Å². The molecule has 1 N–H and O–H groups in total. The van der Waals surface area contributed by atoms with Gasteiger partial charge in [0.1, 0.15) is 5.69 Å². The first kappa shape index (κ1) is 12.3. The van der Waals surface area contributed by atoms with Gasteiger partial charge in [-0.1, -0.05) is 6.07 Å². The van der Waals surface area contributed by atoms with E-state index >= 15 is 0 Å². The van der Waals surface area contributed by atoms with Crippen LogP contribution < -0.4 is 10.1 Å². The molecule has 0 aliphatic heterocycles. The van der Waals surface area contributed by atoms with Crippen molar-refractivity contribution >= 4 is 11.4 Å². The second-order valence-corrected chi connectivity index (χ2v) is 3.03. The Hall–Kier alpha value is -1.82. The summed E-state index contributed by atoms with van der Waals surface area (Å²) in [6.07, 6.45) is 0. The van der Waals surface area contributed by atoms with E-state index in [0.29, 0.717) is 18.8 Å². The summed E-state index contributed by atoms with van der Waals surface area (Å²) >= 11 is 0. The van der Waals surface area contributed by atoms with Crippen LogP contribution in [0.2, 0.25) is 0 Å². The molecule has 0 aliphatic rings. The number of hydrogen-bond donors (Lipinski definition) is 1. The van der Waals surface area contributed by atoms with Crippen LogP contribution in [0.5, 0.6) is 5.75 Å². The van der Waals surface area contributed by atoms with Crippen LogP contribution >= 0.6 is 0 Å². The molecule has 0 bridgehead atoms. The fourth-order valence-corrected chi connectivity index (χ4v) is 1.31. The average Bonchev–Trinajstić information content (AvgIpc) is 2.28. The molecular formula is C10H14N2O4. The number of methoxy groups -OCH3 is 2. The zero-order valence-electron chi connectivity index (χ0n) is 9.23. The maximum atomic E-state index is 10.9. The summed E-state index contributed by atoms with van der Waals surface area (Å²) < 4.78 is 9.80. The lowest BCUT2D eigenvalue weighted by atomic mass is 10.2. The highest BCUT2D eigenvalue weighted by Crippen LogP contribution is 2.34. The van der Waals surface area contributed by atoms with Gasteiger partial charge in [-0.05, 0) is 12.1 Å². The van der Waals surface area contributed by atoms with Crippen molar-refractivity contribution in [1.29, 1.82) is 0 Å². The van der Waals surface area contributed by atoms with E-state index in [-0.39, 0.29) is 11.4 Å². The molecule has 1 rings (SSSR count). The maximum Gasteiger partial charge on any atom is 0.333 e. The van der Waals surface area contributed by atoms with E-state index in [1.807, 2.05) is 0 Å². The topological polar surface area (TPSA) is 73.6 Å². The summed E-state index contributed by atoms with van der Waals surface area (Å²) in [5.74, 6) is 0.243. The van der Waals surface area contributed by atoms with Crippen LogP contribution in [-0.4, -0.2) is 32.3 Å². The number of anilines is 1. The summed E-state index contributed by atoms with van der Waals surface area (Å²) in [5.41, 5.74) is 0.377. The first-order valence-electron chi connectivity index (χ1n) is 4.75. The second-order valence-electron chi connectivity index (χ2n) is 3.03. The standard InChI is InChI=1S/C10H14N2O4/c1-15-7-6-11-8-4-3-5-9(16-2)10(8)12(13)14/h3-5,11H,6-7H2,1-2H3. The minimum Gasteiger partial charge on any atom is -0.490 e. The van der Waals surface area contributed by atoms with Gasteiger partial charge in [0, 0.05) is 13.7 Å². The minimum absolute atomic E-state index is 0.0545. The summed E-state index contributed by atoms with van der Waals surface area (Å²) in [5, 5.41) is 13.8. The number of ether oxygens (including phenoxy) is 2. The van der Waals surface area contributed by atoms with Crippen LogP contribution in [0, 0.1) is 10.1 Å². The van der Waals surface area contributed by atoms with Crippen LogP contribution in [0.1, 0.15) is 0 Å². The van der Waals surface area contributed by atoms with Gasteiger partial charge in [-0.25, -0.2) is 0 Å². The summed E-state index contributed by atoms with van der Waals surface area (Å²) in [6, 6.07) is 4.89. The Bertz CT molecular complexity index is 368. The molecule has 1 aromatic rings. The average molecular weight is 226 g/mol. The molecule has 0 fully saturated rings. The lowest BCUT2D eigenvalue weighted by Gasteiger charge is -2.08. The van der Waals surface area contributed by atoms with Crippen LogP contribution in [0.25, 0.3) is 0 Å². The first-order valence-corrected chi connectivity index (χ1v) is 4.75. The van der Waals surface area contributed by atoms with E-state index in [1.54, 1.807) is 25.3 Å². The third-order valence-corrected chi connectivity index (χ3v) is 2.02. The molecule has 6 heteroatoms. The van der Waals surface area contributed by atoms with Crippen LogP contribution in [0.15, 0.2) is 18.2 Å². The van der Waals surface area contributed by atoms with Crippen molar-refractivity contribution in [2.45, 2.75) is 0 Å². The van der Waals surface area contributed by atoms with E-state index in [2.05, 4.69) is 5.32 Å². The summed E-state index contributed by atoms with van der Waals surface area (Å²) in [7, 11) is 2.98. The predicted molar refractivity (Wildman–Crippen MR) is 60.0 cm³/mol. The zero-order chi connectivity index (χ0) is 12.0. The lowest BCUT2D eigenvalue weighted by molar-refractivity contribution is -0.384. The van der Waals surface area contributed by atoms with Crippen LogP contribution in [-0.2, 0) is 4.74 Å². The Labute approximate surface area is 93.3 Å². The number of benzene rings is 1. The number of rotatable bonds is 6. The number of nitrogens with one attached hydrogen (secondary N) is 1. The number of nitro benzene ring substituents is 1. The highest BCUT2D eigenvalue weighted by molar-refractivity contribution is 5.68. The largest absolute Gasteiger partial charge is 0.490 e. The highest BCUT2D eigenvalue weighted by Gasteiger charge is 2.19. The van der Waals surface area contributed by atoms with Gasteiger partial charge in [-0.2, -0.15) is 0 Å². The van der Waals surface area contributed by atoms with Gasteiger partial charge in [-0.15, -0.1) is 0 Å². The molecule has 0 radical (unpaired) electrons. The van der Waals surface area contributed by atoms with E-state index in [1.165, 1.54) is 7.11 Å². The second kappa shape index (κ2) is 5.92. The molecule has 0 atom stereocenters. The van der Waals surface area contributed by atoms with E-state index in [4.69, 9.17) is 9.47 Å². The van der Waals surface area contributed by atoms with E-state index in [9.17, 15) is 10.1 Å². The van der Waals surface area contributed by atoms with Crippen molar-refractivity contribution in [2.75, 3.05) is 32.7 Å². The minimum atomic E-state index is -0.464. The number of nitro groups is 1. The van der Waals surface area contributed by atoms with Crippen LogP contribution in [0.4, 0.5) is 11.4 Å². The fraction of sp³-hybridized carbons (Fsp3) is 0.400. The predicted octanol–water partition coefficient (Wildman–Crippen LogP) is 1.66. The van der Waals surface area contributed by atoms with Crippen LogP contribution in [0.3, 0.4) is 0 Å². The normalized spacial score (nSPS) is 9.88. The SMILES string of the molecule is COCCNc1cccc(OC)c1[N+](=O)[O-]. The molecule has 88 valence electrons. The highest BCUT2D eigenvalue weighted by atomic mass is 16.6. The Morgan fingerprint density at radius 1 is 1.44 bits per heavy atom. The van der Waals surface area contributed by atoms with Gasteiger partial charge in [0.15, 0.2) is 5.75 Å². The third-order valence-electron chi connectivity index (χ3n) is 2.02. The third kappa shape index (κ3) is 2.83. The van der Waals surface area contributed by atoms with Crippen molar-refractivity contribution in [3.05, 3.63) is 28.3 Å². The molecule has 0 saturated heterocycles. The smallest absolute Gasteiger partial charge is 0.333 e. The summed E-state index contributed by atoms with van der Waals surface area (Å²) in [4.78, 5) is 10.4. The molecule has 6 nitrogen and oxygen atoms in total. The fourth-order valence-electron chi connectivity index (χ4n) is 1.31. The molecule has 1 aromatic carbocycles. The molecule has 0 amide bonds. The molecule has 0 aromatic heterocycles. The molecule has 0 heterocycles. The van der Waals surface area contributed by atoms with Crippen molar-refractivity contribution in [3.8, 4) is 5.75 Å². The molecule has 16 heavy (non-hydrogen) atoms. The quantitative estimate of drug-likeness (QED) is 0.453. The molecular weight excluding hydrogens is 212 g/mol. The Balaban J connectivity index is 2.93. The molecule has 0 spiro atoms. The molecule has 0 unspecified atom stereocenters. The Morgan fingerprint density at radius 3 is 2.75 bits per heavy atom. The Kier molecular flexibility index (Phi) is 4.53. The number of para-hydroxylation sites is 1. The van der Waals surface area contributed by atoms with E-state index in [0.717, 1.165) is 0 Å². The van der Waals surface area contributed by atoms with Gasteiger partial charge in [0.25, 0.3) is 0 Å². The first-order chi connectivity index (χ1) is 7.70. The van der Waals surface area contributed by atoms with Gasteiger partial charge < -0.3 is 14.8 Å². The van der Waals surface area contributed by atoms with Gasteiger partial charge in [0.2, 0.25) is 0 Å². The zero-order valence-corrected chi connectivity index (χ0v) is 9.23. The van der Waals surface area contributed by atoms with Crippen molar-refractivity contribution in [3.63, 3.8) is 0 Å². The number of hydrogen-bond acceptors (Lipinski definition) is 5. The Morgan fingerprint density at radius 2 is 2.19 bits per heavy atom. The van der Waals surface area contributed by atoms with Crippen molar-refractivity contribution in [2.24, 2.45) is 0 Å².